The van der Waals surface area contributed by atoms with Crippen LogP contribution in [-0.4, -0.2) is 18.6 Å². The van der Waals surface area contributed by atoms with Gasteiger partial charge >= 0.3 is 5.97 Å². The van der Waals surface area contributed by atoms with Crippen molar-refractivity contribution in [2.24, 2.45) is 11.7 Å². The van der Waals surface area contributed by atoms with E-state index in [1.807, 2.05) is 31.2 Å². The molecule has 4 heteroatoms. The first-order valence-corrected chi connectivity index (χ1v) is 7.64. The molecule has 2 rings (SSSR count). The van der Waals surface area contributed by atoms with E-state index in [4.69, 9.17) is 22.1 Å². The summed E-state index contributed by atoms with van der Waals surface area (Å²) in [7, 11) is 0. The Bertz CT molecular complexity index is 446. The molecule has 0 radical (unpaired) electrons. The van der Waals surface area contributed by atoms with Crippen LogP contribution in [0.25, 0.3) is 0 Å². The lowest BCUT2D eigenvalue weighted by Gasteiger charge is -2.34. The molecule has 3 unspecified atom stereocenters. The number of hydrogen-bond acceptors (Lipinski definition) is 3. The zero-order valence-electron chi connectivity index (χ0n) is 11.8. The molecule has 1 aliphatic carbocycles. The topological polar surface area (TPSA) is 52.3 Å². The zero-order valence-corrected chi connectivity index (χ0v) is 12.6. The quantitative estimate of drug-likeness (QED) is 0.865. The average Bonchev–Trinajstić information content (AvgIpc) is 2.42. The lowest BCUT2D eigenvalue weighted by molar-refractivity contribution is -0.144. The molecule has 20 heavy (non-hydrogen) atoms. The Balaban J connectivity index is 2.01. The number of carbonyl (C=O) groups is 1. The first kappa shape index (κ1) is 15.3. The smallest absolute Gasteiger partial charge is 0.306 e. The summed E-state index contributed by atoms with van der Waals surface area (Å²) in [5.41, 5.74) is 7.47. The number of rotatable bonds is 4. The molecule has 0 saturated heterocycles. The molecule has 1 aromatic carbocycles. The van der Waals surface area contributed by atoms with Crippen LogP contribution in [0.1, 0.15) is 44.1 Å². The molecule has 3 nitrogen and oxygen atoms in total. The fourth-order valence-corrected chi connectivity index (χ4v) is 3.14. The molecule has 2 N–H and O–H groups in total. The second-order valence-electron chi connectivity index (χ2n) is 5.51. The van der Waals surface area contributed by atoms with E-state index in [9.17, 15) is 4.79 Å². The first-order chi connectivity index (χ1) is 9.60. The summed E-state index contributed by atoms with van der Waals surface area (Å²) in [6, 6.07) is 8.05. The highest BCUT2D eigenvalue weighted by atomic mass is 35.5. The monoisotopic (exact) mass is 295 g/mol. The maximum atomic E-state index is 11.6. The number of halogens is 1. The highest BCUT2D eigenvalue weighted by Crippen LogP contribution is 2.37. The second-order valence-corrected chi connectivity index (χ2v) is 5.95. The molecular formula is C16H22ClNO2. The number of ether oxygens (including phenoxy) is 1. The largest absolute Gasteiger partial charge is 0.466 e. The molecule has 0 heterocycles. The summed E-state index contributed by atoms with van der Waals surface area (Å²) in [5.74, 6) is 0.581. The number of benzene rings is 1. The third kappa shape index (κ3) is 3.97. The minimum Gasteiger partial charge on any atom is -0.466 e. The van der Waals surface area contributed by atoms with E-state index >= 15 is 0 Å². The van der Waals surface area contributed by atoms with Gasteiger partial charge < -0.3 is 10.5 Å². The molecule has 0 amide bonds. The molecule has 0 aromatic heterocycles. The molecule has 1 aromatic rings. The van der Waals surface area contributed by atoms with Gasteiger partial charge in [0.15, 0.2) is 0 Å². The van der Waals surface area contributed by atoms with Crippen LogP contribution >= 0.6 is 11.6 Å². The van der Waals surface area contributed by atoms with E-state index in [1.54, 1.807) is 0 Å². The minimum absolute atomic E-state index is 0.0946. The fraction of sp³-hybridized carbons (Fsp3) is 0.562. The summed E-state index contributed by atoms with van der Waals surface area (Å²) in [6.45, 7) is 2.29. The van der Waals surface area contributed by atoms with Crippen molar-refractivity contribution in [1.82, 2.24) is 0 Å². The predicted molar refractivity (Wildman–Crippen MR) is 80.8 cm³/mol. The normalized spacial score (nSPS) is 26.2. The average molecular weight is 296 g/mol. The van der Waals surface area contributed by atoms with Crippen molar-refractivity contribution in [3.8, 4) is 0 Å². The van der Waals surface area contributed by atoms with Gasteiger partial charge in [-0.3, -0.25) is 4.79 Å². The number of hydrogen-bond donors (Lipinski definition) is 1. The van der Waals surface area contributed by atoms with Gasteiger partial charge in [-0.2, -0.15) is 0 Å². The number of carbonyl (C=O) groups excluding carboxylic acids is 1. The molecule has 0 aliphatic heterocycles. The Morgan fingerprint density at radius 1 is 1.35 bits per heavy atom. The van der Waals surface area contributed by atoms with Crippen LogP contribution in [0, 0.1) is 5.92 Å². The molecule has 0 spiro atoms. The Kier molecular flexibility index (Phi) is 5.44. The predicted octanol–water partition coefficient (Wildman–Crippen LogP) is 3.50. The van der Waals surface area contributed by atoms with Gasteiger partial charge in [0.25, 0.3) is 0 Å². The van der Waals surface area contributed by atoms with E-state index in [0.717, 1.165) is 24.3 Å². The van der Waals surface area contributed by atoms with Gasteiger partial charge in [-0.15, -0.1) is 0 Å². The van der Waals surface area contributed by atoms with E-state index in [2.05, 4.69) is 0 Å². The fourth-order valence-electron chi connectivity index (χ4n) is 3.02. The van der Waals surface area contributed by atoms with Gasteiger partial charge in [0, 0.05) is 17.5 Å². The summed E-state index contributed by atoms with van der Waals surface area (Å²) in [4.78, 5) is 11.6. The molecule has 110 valence electrons. The van der Waals surface area contributed by atoms with Crippen molar-refractivity contribution in [3.63, 3.8) is 0 Å². The van der Waals surface area contributed by atoms with Crippen molar-refractivity contribution in [3.05, 3.63) is 34.9 Å². The van der Waals surface area contributed by atoms with Crippen LogP contribution in [0.15, 0.2) is 24.3 Å². The van der Waals surface area contributed by atoms with Gasteiger partial charge in [0.2, 0.25) is 0 Å². The standard InChI is InChI=1S/C16H22ClNO2/c1-2-20-16(19)10-11-3-8-15(18)14(9-11)12-4-6-13(17)7-5-12/h4-7,11,14-15H,2-3,8-10,18H2,1H3. The third-order valence-corrected chi connectivity index (χ3v) is 4.32. The maximum absolute atomic E-state index is 11.6. The Morgan fingerprint density at radius 2 is 2.05 bits per heavy atom. The second kappa shape index (κ2) is 7.09. The Hall–Kier alpha value is -1.06. The summed E-state index contributed by atoms with van der Waals surface area (Å²) in [5, 5.41) is 0.737. The minimum atomic E-state index is -0.0946. The molecule has 1 aliphatic rings. The van der Waals surface area contributed by atoms with E-state index in [0.29, 0.717) is 24.9 Å². The van der Waals surface area contributed by atoms with Crippen molar-refractivity contribution in [2.75, 3.05) is 6.61 Å². The van der Waals surface area contributed by atoms with Crippen LogP contribution < -0.4 is 5.73 Å². The Morgan fingerprint density at radius 3 is 2.70 bits per heavy atom. The van der Waals surface area contributed by atoms with Crippen LogP contribution in [-0.2, 0) is 9.53 Å². The van der Waals surface area contributed by atoms with E-state index in [1.165, 1.54) is 5.56 Å². The first-order valence-electron chi connectivity index (χ1n) is 7.26. The van der Waals surface area contributed by atoms with Gasteiger partial charge in [-0.1, -0.05) is 23.7 Å². The Labute approximate surface area is 125 Å². The highest BCUT2D eigenvalue weighted by molar-refractivity contribution is 6.30. The van der Waals surface area contributed by atoms with E-state index in [-0.39, 0.29) is 12.0 Å². The molecular weight excluding hydrogens is 274 g/mol. The zero-order chi connectivity index (χ0) is 14.5. The van der Waals surface area contributed by atoms with Gasteiger partial charge in [-0.05, 0) is 55.7 Å². The lowest BCUT2D eigenvalue weighted by atomic mass is 9.74. The van der Waals surface area contributed by atoms with Crippen molar-refractivity contribution in [1.29, 1.82) is 0 Å². The van der Waals surface area contributed by atoms with Gasteiger partial charge in [0.05, 0.1) is 6.61 Å². The third-order valence-electron chi connectivity index (χ3n) is 4.07. The number of esters is 1. The summed E-state index contributed by atoms with van der Waals surface area (Å²) >= 11 is 5.93. The van der Waals surface area contributed by atoms with Crippen LogP contribution in [0.2, 0.25) is 5.02 Å². The summed E-state index contributed by atoms with van der Waals surface area (Å²) in [6.07, 6.45) is 3.41. The van der Waals surface area contributed by atoms with Gasteiger partial charge in [0.1, 0.15) is 0 Å². The molecule has 1 fully saturated rings. The SMILES string of the molecule is CCOC(=O)CC1CCC(N)C(c2ccc(Cl)cc2)C1. The van der Waals surface area contributed by atoms with Gasteiger partial charge in [-0.25, -0.2) is 0 Å². The van der Waals surface area contributed by atoms with Crippen molar-refractivity contribution < 1.29 is 9.53 Å². The van der Waals surface area contributed by atoms with Crippen LogP contribution in [0.4, 0.5) is 0 Å². The number of nitrogens with two attached hydrogens (primary N) is 1. The summed E-state index contributed by atoms with van der Waals surface area (Å²) < 4.78 is 5.04. The van der Waals surface area contributed by atoms with Crippen LogP contribution in [0.3, 0.4) is 0 Å². The molecule has 3 atom stereocenters. The van der Waals surface area contributed by atoms with Crippen molar-refractivity contribution in [2.45, 2.75) is 44.6 Å². The van der Waals surface area contributed by atoms with E-state index < -0.39 is 0 Å². The highest BCUT2D eigenvalue weighted by Gasteiger charge is 2.30. The molecule has 0 bridgehead atoms. The van der Waals surface area contributed by atoms with Crippen molar-refractivity contribution >= 4 is 17.6 Å². The lowest BCUT2D eigenvalue weighted by Crippen LogP contribution is -2.35. The van der Waals surface area contributed by atoms with Crippen LogP contribution in [0.5, 0.6) is 0 Å². The molecule has 1 saturated carbocycles. The maximum Gasteiger partial charge on any atom is 0.306 e.